The summed E-state index contributed by atoms with van der Waals surface area (Å²) in [5.74, 6) is 0.851. The topological polar surface area (TPSA) is 41.5 Å². The van der Waals surface area contributed by atoms with Gasteiger partial charge in [0.25, 0.3) is 0 Å². The fraction of sp³-hybridized carbons (Fsp3) is 0.538. The average Bonchev–Trinajstić information content (AvgIpc) is 2.29. The van der Waals surface area contributed by atoms with E-state index in [-0.39, 0.29) is 0 Å². The molecule has 0 aliphatic carbocycles. The maximum Gasteiger partial charge on any atom is 0.124 e. The predicted molar refractivity (Wildman–Crippen MR) is 65.7 cm³/mol. The summed E-state index contributed by atoms with van der Waals surface area (Å²) in [6, 6.07) is 8.25. The summed E-state index contributed by atoms with van der Waals surface area (Å²) >= 11 is 0. The van der Waals surface area contributed by atoms with Gasteiger partial charge in [0.2, 0.25) is 0 Å². The Morgan fingerprint density at radius 3 is 2.62 bits per heavy atom. The van der Waals surface area contributed by atoms with E-state index in [0.29, 0.717) is 12.6 Å². The molecule has 0 bridgehead atoms. The second-order valence-electron chi connectivity index (χ2n) is 3.95. The highest BCUT2D eigenvalue weighted by atomic mass is 16.5. The van der Waals surface area contributed by atoms with Crippen LogP contribution in [0.4, 0.5) is 0 Å². The van der Waals surface area contributed by atoms with Crippen LogP contribution in [0, 0.1) is 0 Å². The van der Waals surface area contributed by atoms with Crippen molar-refractivity contribution in [2.45, 2.75) is 32.4 Å². The molecule has 1 aromatic rings. The van der Waals surface area contributed by atoms with E-state index < -0.39 is 6.10 Å². The van der Waals surface area contributed by atoms with Gasteiger partial charge in [0, 0.05) is 11.6 Å². The van der Waals surface area contributed by atoms with Crippen LogP contribution >= 0.6 is 0 Å². The minimum atomic E-state index is -0.442. The fourth-order valence-electron chi connectivity index (χ4n) is 1.69. The monoisotopic (exact) mass is 223 g/mol. The maximum atomic E-state index is 9.22. The van der Waals surface area contributed by atoms with Crippen molar-refractivity contribution in [2.24, 2.45) is 0 Å². The van der Waals surface area contributed by atoms with Crippen LogP contribution in [0.3, 0.4) is 0 Å². The molecule has 0 heterocycles. The third-order valence-electron chi connectivity index (χ3n) is 2.53. The molecule has 0 aliphatic rings. The molecule has 0 radical (unpaired) electrons. The normalized spacial score (nSPS) is 14.5. The summed E-state index contributed by atoms with van der Waals surface area (Å²) in [5.41, 5.74) is 1.15. The van der Waals surface area contributed by atoms with Gasteiger partial charge >= 0.3 is 0 Å². The summed E-state index contributed by atoms with van der Waals surface area (Å²) < 4.78 is 5.59. The van der Waals surface area contributed by atoms with Crippen LogP contribution in [0.5, 0.6) is 5.75 Å². The number of para-hydroxylation sites is 1. The Kier molecular flexibility index (Phi) is 5.29. The highest BCUT2D eigenvalue weighted by Gasteiger charge is 2.12. The van der Waals surface area contributed by atoms with Gasteiger partial charge in [-0.05, 0) is 26.5 Å². The molecule has 0 saturated carbocycles. The van der Waals surface area contributed by atoms with Crippen LogP contribution in [0.25, 0.3) is 0 Å². The quantitative estimate of drug-likeness (QED) is 0.776. The van der Waals surface area contributed by atoms with Crippen molar-refractivity contribution in [3.8, 4) is 5.75 Å². The minimum absolute atomic E-state index is 0.296. The second-order valence-corrected chi connectivity index (χ2v) is 3.95. The Hall–Kier alpha value is -1.06. The van der Waals surface area contributed by atoms with Crippen LogP contribution in [0.2, 0.25) is 0 Å². The number of aliphatic hydroxyl groups is 1. The average molecular weight is 223 g/mol. The lowest BCUT2D eigenvalue weighted by Gasteiger charge is -2.19. The summed E-state index contributed by atoms with van der Waals surface area (Å²) in [7, 11) is 1.94. The molecule has 1 rings (SSSR count). The zero-order valence-corrected chi connectivity index (χ0v) is 10.2. The molecule has 90 valence electrons. The number of ether oxygens (including phenoxy) is 1. The molecular weight excluding hydrogens is 202 g/mol. The predicted octanol–water partition coefficient (Wildman–Crippen LogP) is 2.12. The van der Waals surface area contributed by atoms with E-state index in [1.165, 1.54) is 0 Å². The van der Waals surface area contributed by atoms with E-state index in [0.717, 1.165) is 17.7 Å². The van der Waals surface area contributed by atoms with E-state index in [1.807, 2.05) is 25.2 Å². The Morgan fingerprint density at radius 2 is 2.06 bits per heavy atom. The lowest BCUT2D eigenvalue weighted by atomic mass is 10.0. The van der Waals surface area contributed by atoms with E-state index in [1.54, 1.807) is 6.92 Å². The van der Waals surface area contributed by atoms with Gasteiger partial charge in [-0.25, -0.2) is 0 Å². The Balaban J connectivity index is 2.82. The first-order chi connectivity index (χ1) is 7.69. The molecule has 2 atom stereocenters. The standard InChI is InChI=1S/C13H21NO2/c1-4-12(14-3)11-7-5-6-8-13(11)16-9-10(2)15/h5-8,10,12,14-15H,4,9H2,1-3H3. The van der Waals surface area contributed by atoms with E-state index in [4.69, 9.17) is 4.74 Å². The van der Waals surface area contributed by atoms with Gasteiger partial charge in [0.05, 0.1) is 6.10 Å². The van der Waals surface area contributed by atoms with Crippen LogP contribution in [-0.4, -0.2) is 24.9 Å². The van der Waals surface area contributed by atoms with Gasteiger partial charge in [-0.2, -0.15) is 0 Å². The first-order valence-electron chi connectivity index (χ1n) is 5.76. The smallest absolute Gasteiger partial charge is 0.124 e. The van der Waals surface area contributed by atoms with Gasteiger partial charge in [0.1, 0.15) is 12.4 Å². The molecule has 2 unspecified atom stereocenters. The zero-order valence-electron chi connectivity index (χ0n) is 10.2. The molecule has 2 N–H and O–H groups in total. The van der Waals surface area contributed by atoms with Crippen molar-refractivity contribution in [1.82, 2.24) is 5.32 Å². The molecule has 0 aromatic heterocycles. The largest absolute Gasteiger partial charge is 0.491 e. The lowest BCUT2D eigenvalue weighted by Crippen LogP contribution is -2.18. The van der Waals surface area contributed by atoms with Crippen LogP contribution in [0.1, 0.15) is 31.9 Å². The molecular formula is C13H21NO2. The van der Waals surface area contributed by atoms with Crippen LogP contribution < -0.4 is 10.1 Å². The first-order valence-corrected chi connectivity index (χ1v) is 5.76. The number of aliphatic hydroxyl groups excluding tert-OH is 1. The van der Waals surface area contributed by atoms with Crippen molar-refractivity contribution < 1.29 is 9.84 Å². The fourth-order valence-corrected chi connectivity index (χ4v) is 1.69. The summed E-state index contributed by atoms with van der Waals surface area (Å²) in [5, 5.41) is 12.5. The van der Waals surface area contributed by atoms with Crippen LogP contribution in [-0.2, 0) is 0 Å². The second kappa shape index (κ2) is 6.51. The van der Waals surface area contributed by atoms with Gasteiger partial charge < -0.3 is 15.2 Å². The number of hydrogen-bond donors (Lipinski definition) is 2. The number of rotatable bonds is 6. The summed E-state index contributed by atoms with van der Waals surface area (Å²) in [6.07, 6.45) is 0.564. The molecule has 3 nitrogen and oxygen atoms in total. The molecule has 0 fully saturated rings. The first kappa shape index (κ1) is 13.0. The van der Waals surface area contributed by atoms with Gasteiger partial charge in [0.15, 0.2) is 0 Å². The van der Waals surface area contributed by atoms with Crippen molar-refractivity contribution in [3.63, 3.8) is 0 Å². The van der Waals surface area contributed by atoms with Crippen molar-refractivity contribution in [2.75, 3.05) is 13.7 Å². The number of nitrogens with one attached hydrogen (secondary N) is 1. The van der Waals surface area contributed by atoms with Gasteiger partial charge in [-0.1, -0.05) is 25.1 Å². The molecule has 0 spiro atoms. The molecule has 0 aliphatic heterocycles. The zero-order chi connectivity index (χ0) is 12.0. The molecule has 16 heavy (non-hydrogen) atoms. The number of benzene rings is 1. The lowest BCUT2D eigenvalue weighted by molar-refractivity contribution is 0.121. The highest BCUT2D eigenvalue weighted by Crippen LogP contribution is 2.26. The Morgan fingerprint density at radius 1 is 1.38 bits per heavy atom. The van der Waals surface area contributed by atoms with E-state index >= 15 is 0 Å². The maximum absolute atomic E-state index is 9.22. The van der Waals surface area contributed by atoms with Crippen molar-refractivity contribution in [3.05, 3.63) is 29.8 Å². The molecule has 1 aromatic carbocycles. The molecule has 3 heteroatoms. The third-order valence-corrected chi connectivity index (χ3v) is 2.53. The third kappa shape index (κ3) is 3.51. The Bertz CT molecular complexity index is 309. The van der Waals surface area contributed by atoms with E-state index in [2.05, 4.69) is 18.3 Å². The Labute approximate surface area is 97.4 Å². The minimum Gasteiger partial charge on any atom is -0.491 e. The summed E-state index contributed by atoms with van der Waals surface area (Å²) in [4.78, 5) is 0. The molecule has 0 amide bonds. The van der Waals surface area contributed by atoms with Crippen molar-refractivity contribution in [1.29, 1.82) is 0 Å². The van der Waals surface area contributed by atoms with Crippen molar-refractivity contribution >= 4 is 0 Å². The SMILES string of the molecule is CCC(NC)c1ccccc1OCC(C)O. The summed E-state index contributed by atoms with van der Waals surface area (Å²) in [6.45, 7) is 4.18. The van der Waals surface area contributed by atoms with E-state index in [9.17, 15) is 5.11 Å². The highest BCUT2D eigenvalue weighted by molar-refractivity contribution is 5.35. The van der Waals surface area contributed by atoms with Crippen LogP contribution in [0.15, 0.2) is 24.3 Å². The van der Waals surface area contributed by atoms with Gasteiger partial charge in [-0.15, -0.1) is 0 Å². The molecule has 0 saturated heterocycles. The van der Waals surface area contributed by atoms with Gasteiger partial charge in [-0.3, -0.25) is 0 Å². The number of hydrogen-bond acceptors (Lipinski definition) is 3.